The van der Waals surface area contributed by atoms with Gasteiger partial charge in [-0.15, -0.1) is 0 Å². The molecule has 0 heterocycles. The lowest BCUT2D eigenvalue weighted by Crippen LogP contribution is -2.20. The maximum Gasteiger partial charge on any atom is 0.271 e. The van der Waals surface area contributed by atoms with E-state index in [9.17, 15) is 9.59 Å². The standard InChI is InChI=1S/C18H18IN3O4/c1-2-25-15-9-12(8-14(19)17(15)26-11-16(20)23)10-21-22-18(24)13-6-4-3-5-7-13/h3-10H,2,11H2,1H3,(H2,20,23)(H,22,24)/b21-10+. The molecule has 0 spiro atoms. The zero-order valence-electron chi connectivity index (χ0n) is 14.1. The van der Waals surface area contributed by atoms with Crippen molar-refractivity contribution in [2.75, 3.05) is 13.2 Å². The molecule has 0 radical (unpaired) electrons. The number of primary amides is 1. The molecule has 0 unspecified atom stereocenters. The Balaban J connectivity index is 2.13. The maximum atomic E-state index is 12.0. The maximum absolute atomic E-state index is 12.0. The predicted octanol–water partition coefficient (Wildman–Crippen LogP) is 2.32. The van der Waals surface area contributed by atoms with Crippen molar-refractivity contribution < 1.29 is 19.1 Å². The van der Waals surface area contributed by atoms with Gasteiger partial charge < -0.3 is 15.2 Å². The van der Waals surface area contributed by atoms with Gasteiger partial charge in [0.1, 0.15) is 0 Å². The first-order chi connectivity index (χ1) is 12.5. The summed E-state index contributed by atoms with van der Waals surface area (Å²) in [5.74, 6) is 0.0358. The van der Waals surface area contributed by atoms with Crippen LogP contribution in [0.5, 0.6) is 11.5 Å². The Morgan fingerprint density at radius 3 is 2.62 bits per heavy atom. The van der Waals surface area contributed by atoms with Gasteiger partial charge in [0.05, 0.1) is 16.4 Å². The van der Waals surface area contributed by atoms with Crippen LogP contribution in [0.15, 0.2) is 47.6 Å². The number of hydrogen-bond donors (Lipinski definition) is 2. The number of benzene rings is 2. The van der Waals surface area contributed by atoms with Crippen molar-refractivity contribution in [3.8, 4) is 11.5 Å². The largest absolute Gasteiger partial charge is 0.490 e. The average molecular weight is 467 g/mol. The molecular formula is C18H18IN3O4. The first-order valence-electron chi connectivity index (χ1n) is 7.77. The summed E-state index contributed by atoms with van der Waals surface area (Å²) in [7, 11) is 0. The number of nitrogens with two attached hydrogens (primary N) is 1. The van der Waals surface area contributed by atoms with Gasteiger partial charge in [-0.2, -0.15) is 5.10 Å². The van der Waals surface area contributed by atoms with Gasteiger partial charge in [0, 0.05) is 5.56 Å². The van der Waals surface area contributed by atoms with E-state index in [1.807, 2.05) is 13.0 Å². The van der Waals surface area contributed by atoms with Crippen LogP contribution in [-0.2, 0) is 4.79 Å². The molecule has 2 aromatic carbocycles. The van der Waals surface area contributed by atoms with Gasteiger partial charge >= 0.3 is 0 Å². The van der Waals surface area contributed by atoms with Crippen LogP contribution >= 0.6 is 22.6 Å². The number of carbonyl (C=O) groups is 2. The highest BCUT2D eigenvalue weighted by Gasteiger charge is 2.13. The number of rotatable bonds is 8. The quantitative estimate of drug-likeness (QED) is 0.354. The van der Waals surface area contributed by atoms with Crippen molar-refractivity contribution in [3.05, 3.63) is 57.2 Å². The molecule has 136 valence electrons. The highest BCUT2D eigenvalue weighted by molar-refractivity contribution is 14.1. The van der Waals surface area contributed by atoms with Crippen LogP contribution in [-0.4, -0.2) is 31.2 Å². The van der Waals surface area contributed by atoms with Crippen LogP contribution in [0.4, 0.5) is 0 Å². The van der Waals surface area contributed by atoms with Gasteiger partial charge in [-0.05, 0) is 59.3 Å². The van der Waals surface area contributed by atoms with E-state index >= 15 is 0 Å². The van der Waals surface area contributed by atoms with Crippen molar-refractivity contribution in [2.24, 2.45) is 10.8 Å². The van der Waals surface area contributed by atoms with Gasteiger partial charge in [0.25, 0.3) is 11.8 Å². The molecule has 0 aliphatic heterocycles. The van der Waals surface area contributed by atoms with Gasteiger partial charge in [0.15, 0.2) is 18.1 Å². The van der Waals surface area contributed by atoms with Crippen LogP contribution in [0, 0.1) is 3.57 Å². The molecule has 0 aliphatic carbocycles. The first kappa shape index (κ1) is 19.7. The zero-order valence-corrected chi connectivity index (χ0v) is 16.2. The number of carbonyl (C=O) groups excluding carboxylic acids is 2. The van der Waals surface area contributed by atoms with Crippen molar-refractivity contribution >= 4 is 40.6 Å². The van der Waals surface area contributed by atoms with Gasteiger partial charge in [-0.3, -0.25) is 9.59 Å². The van der Waals surface area contributed by atoms with Gasteiger partial charge in [-0.25, -0.2) is 5.43 Å². The van der Waals surface area contributed by atoms with Crippen LogP contribution < -0.4 is 20.6 Å². The number of halogens is 1. The van der Waals surface area contributed by atoms with E-state index in [0.717, 1.165) is 3.57 Å². The predicted molar refractivity (Wildman–Crippen MR) is 107 cm³/mol. The third-order valence-corrected chi connectivity index (χ3v) is 3.91. The zero-order chi connectivity index (χ0) is 18.9. The van der Waals surface area contributed by atoms with Crippen molar-refractivity contribution in [1.82, 2.24) is 5.43 Å². The van der Waals surface area contributed by atoms with Crippen LogP contribution in [0.1, 0.15) is 22.8 Å². The lowest BCUT2D eigenvalue weighted by Gasteiger charge is -2.13. The highest BCUT2D eigenvalue weighted by atomic mass is 127. The summed E-state index contributed by atoms with van der Waals surface area (Å²) in [5, 5.41) is 3.97. The first-order valence-corrected chi connectivity index (χ1v) is 8.85. The summed E-state index contributed by atoms with van der Waals surface area (Å²) in [6, 6.07) is 12.3. The lowest BCUT2D eigenvalue weighted by atomic mass is 10.2. The Hall–Kier alpha value is -2.62. The number of nitrogens with one attached hydrogen (secondary N) is 1. The number of nitrogens with zero attached hydrogens (tertiary/aromatic N) is 1. The molecule has 0 saturated carbocycles. The molecule has 0 atom stereocenters. The number of hydrazone groups is 1. The highest BCUT2D eigenvalue weighted by Crippen LogP contribution is 2.33. The number of ether oxygens (including phenoxy) is 2. The fourth-order valence-electron chi connectivity index (χ4n) is 2.03. The molecule has 0 fully saturated rings. The molecule has 0 aliphatic rings. The molecule has 26 heavy (non-hydrogen) atoms. The Bertz CT molecular complexity index is 810. The molecule has 0 aromatic heterocycles. The van der Waals surface area contributed by atoms with E-state index in [0.29, 0.717) is 29.2 Å². The summed E-state index contributed by atoms with van der Waals surface area (Å²) in [6.07, 6.45) is 1.50. The Morgan fingerprint density at radius 1 is 1.23 bits per heavy atom. The minimum Gasteiger partial charge on any atom is -0.490 e. The lowest BCUT2D eigenvalue weighted by molar-refractivity contribution is -0.119. The van der Waals surface area contributed by atoms with E-state index in [2.05, 4.69) is 33.1 Å². The summed E-state index contributed by atoms with van der Waals surface area (Å²) in [6.45, 7) is 2.02. The second-order valence-corrected chi connectivity index (χ2v) is 6.25. The van der Waals surface area contributed by atoms with E-state index in [-0.39, 0.29) is 12.5 Å². The van der Waals surface area contributed by atoms with Crippen molar-refractivity contribution in [2.45, 2.75) is 6.92 Å². The summed E-state index contributed by atoms with van der Waals surface area (Å²) in [5.41, 5.74) is 8.81. The van der Waals surface area contributed by atoms with Crippen LogP contribution in [0.25, 0.3) is 0 Å². The summed E-state index contributed by atoms with van der Waals surface area (Å²) in [4.78, 5) is 22.9. The Labute approximate surface area is 164 Å². The Morgan fingerprint density at radius 2 is 1.96 bits per heavy atom. The van der Waals surface area contributed by atoms with Crippen molar-refractivity contribution in [1.29, 1.82) is 0 Å². The Kier molecular flexibility index (Phi) is 7.39. The molecule has 2 aromatic rings. The van der Waals surface area contributed by atoms with E-state index in [1.54, 1.807) is 36.4 Å². The second kappa shape index (κ2) is 9.76. The van der Waals surface area contributed by atoms with Gasteiger partial charge in [0.2, 0.25) is 0 Å². The van der Waals surface area contributed by atoms with Gasteiger partial charge in [-0.1, -0.05) is 18.2 Å². The third-order valence-electron chi connectivity index (χ3n) is 3.11. The van der Waals surface area contributed by atoms with Crippen LogP contribution in [0.3, 0.4) is 0 Å². The van der Waals surface area contributed by atoms with Crippen LogP contribution in [0.2, 0.25) is 0 Å². The average Bonchev–Trinajstić information content (AvgIpc) is 2.61. The molecule has 7 nitrogen and oxygen atoms in total. The number of hydrogen-bond acceptors (Lipinski definition) is 5. The number of amides is 2. The van der Waals surface area contributed by atoms with E-state index in [4.69, 9.17) is 15.2 Å². The fraction of sp³-hybridized carbons (Fsp3) is 0.167. The minimum absolute atomic E-state index is 0.239. The SMILES string of the molecule is CCOc1cc(/C=N/NC(=O)c2ccccc2)cc(I)c1OCC(N)=O. The van der Waals surface area contributed by atoms with E-state index in [1.165, 1.54) is 6.21 Å². The molecule has 0 bridgehead atoms. The smallest absolute Gasteiger partial charge is 0.271 e. The summed E-state index contributed by atoms with van der Waals surface area (Å²) >= 11 is 2.07. The molecular weight excluding hydrogens is 449 g/mol. The van der Waals surface area contributed by atoms with Crippen molar-refractivity contribution in [3.63, 3.8) is 0 Å². The molecule has 0 saturated heterocycles. The monoisotopic (exact) mass is 467 g/mol. The second-order valence-electron chi connectivity index (χ2n) is 5.08. The topological polar surface area (TPSA) is 103 Å². The van der Waals surface area contributed by atoms with E-state index < -0.39 is 5.91 Å². The molecule has 2 amide bonds. The minimum atomic E-state index is -0.572. The summed E-state index contributed by atoms with van der Waals surface area (Å²) < 4.78 is 11.7. The fourth-order valence-corrected chi connectivity index (χ4v) is 2.81. The molecule has 3 N–H and O–H groups in total. The third kappa shape index (κ3) is 5.73. The molecule has 2 rings (SSSR count). The molecule has 8 heteroatoms. The normalized spacial score (nSPS) is 10.5.